The van der Waals surface area contributed by atoms with Gasteiger partial charge in [-0.25, -0.2) is 5.43 Å². The number of benzene rings is 2. The van der Waals surface area contributed by atoms with Crippen molar-refractivity contribution in [1.29, 1.82) is 0 Å². The fourth-order valence-electron chi connectivity index (χ4n) is 3.12. The third kappa shape index (κ3) is 6.28. The van der Waals surface area contributed by atoms with Gasteiger partial charge < -0.3 is 4.57 Å². The fraction of sp³-hybridized carbons (Fsp3) is 0.250. The summed E-state index contributed by atoms with van der Waals surface area (Å²) in [5.74, 6) is -0.0363. The Morgan fingerprint density at radius 3 is 2.40 bits per heavy atom. The molecule has 0 aliphatic carbocycles. The predicted molar refractivity (Wildman–Crippen MR) is 132 cm³/mol. The zero-order chi connectivity index (χ0) is 20.5. The molecule has 0 aliphatic heterocycles. The molecule has 4 nitrogen and oxygen atoms in total. The van der Waals surface area contributed by atoms with Crippen LogP contribution in [0, 0.1) is 0 Å². The minimum atomic E-state index is -0.0363. The molecular weight excluding hydrogens is 458 g/mol. The van der Waals surface area contributed by atoms with Crippen LogP contribution in [0.25, 0.3) is 22.4 Å². The summed E-state index contributed by atoms with van der Waals surface area (Å²) in [5, 5.41) is 6.42. The lowest BCUT2D eigenvalue weighted by Gasteiger charge is -2.08. The second kappa shape index (κ2) is 12.3. The number of carbonyl (C=O) groups is 1. The van der Waals surface area contributed by atoms with E-state index >= 15 is 0 Å². The summed E-state index contributed by atoms with van der Waals surface area (Å²) in [6.45, 7) is 6.62. The summed E-state index contributed by atoms with van der Waals surface area (Å²) in [4.78, 5) is 12.7. The van der Waals surface area contributed by atoms with Crippen LogP contribution in [0.1, 0.15) is 32.6 Å². The van der Waals surface area contributed by atoms with Crippen LogP contribution in [0.4, 0.5) is 0 Å². The van der Waals surface area contributed by atoms with Crippen LogP contribution in [-0.2, 0) is 11.3 Å². The SMILES string of the molecule is Br.C=CCn1c(-c2ccc(-c3ccccc3)cc2)cs/c1=N\NC(=O)CCCCC. The number of thiazole rings is 1. The number of hydrogen-bond acceptors (Lipinski definition) is 3. The normalized spacial score (nSPS) is 11.0. The van der Waals surface area contributed by atoms with Crippen LogP contribution in [0.2, 0.25) is 0 Å². The molecule has 3 aromatic rings. The van der Waals surface area contributed by atoms with E-state index in [1.54, 1.807) is 0 Å². The van der Waals surface area contributed by atoms with Gasteiger partial charge in [-0.3, -0.25) is 4.79 Å². The highest BCUT2D eigenvalue weighted by molar-refractivity contribution is 8.93. The number of nitrogens with one attached hydrogen (secondary N) is 1. The van der Waals surface area contributed by atoms with Gasteiger partial charge in [0.25, 0.3) is 0 Å². The van der Waals surface area contributed by atoms with Gasteiger partial charge in [0.2, 0.25) is 10.7 Å². The monoisotopic (exact) mass is 485 g/mol. The van der Waals surface area contributed by atoms with E-state index in [4.69, 9.17) is 0 Å². The van der Waals surface area contributed by atoms with E-state index in [9.17, 15) is 4.79 Å². The maximum Gasteiger partial charge on any atom is 0.240 e. The lowest BCUT2D eigenvalue weighted by molar-refractivity contribution is -0.121. The van der Waals surface area contributed by atoms with Gasteiger partial charge >= 0.3 is 0 Å². The van der Waals surface area contributed by atoms with Crippen LogP contribution in [0.3, 0.4) is 0 Å². The Morgan fingerprint density at radius 2 is 1.73 bits per heavy atom. The van der Waals surface area contributed by atoms with Gasteiger partial charge in [0.05, 0.1) is 5.69 Å². The first-order valence-electron chi connectivity index (χ1n) is 10.0. The van der Waals surface area contributed by atoms with Crippen LogP contribution in [0.15, 0.2) is 77.7 Å². The highest BCUT2D eigenvalue weighted by Gasteiger charge is 2.08. The molecule has 1 amide bonds. The van der Waals surface area contributed by atoms with Crippen LogP contribution >= 0.6 is 28.3 Å². The standard InChI is InChI=1S/C24H27N3OS.BrH/c1-3-5-7-12-23(28)25-26-24-27(17-4-2)22(18-29-24)21-15-13-20(14-16-21)19-10-8-6-9-11-19;/h4,6,8-11,13-16,18H,2-3,5,7,12,17H2,1H3,(H,25,28);1H/b26-24-;. The smallest absolute Gasteiger partial charge is 0.240 e. The summed E-state index contributed by atoms with van der Waals surface area (Å²) in [6, 6.07) is 18.8. The van der Waals surface area contributed by atoms with Crippen LogP contribution in [-0.4, -0.2) is 10.5 Å². The Balaban J connectivity index is 0.00000320. The molecule has 3 rings (SSSR count). The lowest BCUT2D eigenvalue weighted by atomic mass is 10.0. The third-order valence-corrected chi connectivity index (χ3v) is 5.54. The predicted octanol–water partition coefficient (Wildman–Crippen LogP) is 6.16. The molecule has 158 valence electrons. The van der Waals surface area contributed by atoms with Crippen molar-refractivity contribution >= 4 is 34.2 Å². The maximum atomic E-state index is 12.0. The first kappa shape index (κ1) is 23.8. The molecule has 0 radical (unpaired) electrons. The van der Waals surface area contributed by atoms with Gasteiger partial charge in [-0.15, -0.1) is 40.0 Å². The molecule has 1 heterocycles. The minimum absolute atomic E-state index is 0. The van der Waals surface area contributed by atoms with Crippen LogP contribution < -0.4 is 10.2 Å². The number of unbranched alkanes of at least 4 members (excludes halogenated alkanes) is 2. The molecule has 30 heavy (non-hydrogen) atoms. The number of allylic oxidation sites excluding steroid dienone is 1. The molecule has 0 aliphatic rings. The first-order chi connectivity index (χ1) is 14.2. The first-order valence-corrected chi connectivity index (χ1v) is 10.9. The lowest BCUT2D eigenvalue weighted by Crippen LogP contribution is -2.24. The number of halogens is 1. The van der Waals surface area contributed by atoms with Crippen molar-refractivity contribution in [1.82, 2.24) is 9.99 Å². The topological polar surface area (TPSA) is 46.4 Å². The molecule has 0 saturated heterocycles. The molecular formula is C24H28BrN3OS. The molecule has 0 unspecified atom stereocenters. The second-order valence-electron chi connectivity index (χ2n) is 6.85. The van der Waals surface area contributed by atoms with Crippen LogP contribution in [0.5, 0.6) is 0 Å². The second-order valence-corrected chi connectivity index (χ2v) is 7.69. The van der Waals surface area contributed by atoms with E-state index in [0.29, 0.717) is 13.0 Å². The maximum absolute atomic E-state index is 12.0. The number of carbonyl (C=O) groups excluding carboxylic acids is 1. The summed E-state index contributed by atoms with van der Waals surface area (Å²) in [5.41, 5.74) is 7.25. The summed E-state index contributed by atoms with van der Waals surface area (Å²) in [7, 11) is 0. The van der Waals surface area contributed by atoms with E-state index in [1.807, 2.05) is 24.3 Å². The van der Waals surface area contributed by atoms with Gasteiger partial charge in [-0.05, 0) is 23.1 Å². The molecule has 6 heteroatoms. The highest BCUT2D eigenvalue weighted by atomic mass is 79.9. The van der Waals surface area contributed by atoms with Crippen molar-refractivity contribution < 1.29 is 4.79 Å². The Morgan fingerprint density at radius 1 is 1.07 bits per heavy atom. The van der Waals surface area contributed by atoms with Gasteiger partial charge in [0, 0.05) is 18.3 Å². The highest BCUT2D eigenvalue weighted by Crippen LogP contribution is 2.25. The molecule has 0 saturated carbocycles. The number of hydrogen-bond donors (Lipinski definition) is 1. The summed E-state index contributed by atoms with van der Waals surface area (Å²) in [6.07, 6.45) is 5.41. The zero-order valence-electron chi connectivity index (χ0n) is 17.2. The Kier molecular flexibility index (Phi) is 9.77. The van der Waals surface area contributed by atoms with E-state index in [0.717, 1.165) is 35.3 Å². The summed E-state index contributed by atoms with van der Waals surface area (Å²) < 4.78 is 2.07. The molecule has 0 spiro atoms. The van der Waals surface area contributed by atoms with Crippen molar-refractivity contribution in [2.75, 3.05) is 0 Å². The average Bonchev–Trinajstić information content (AvgIpc) is 3.16. The molecule has 0 fully saturated rings. The fourth-order valence-corrected chi connectivity index (χ4v) is 4.00. The van der Waals surface area contributed by atoms with E-state index < -0.39 is 0 Å². The van der Waals surface area contributed by atoms with Crippen molar-refractivity contribution in [3.05, 3.63) is 77.4 Å². The molecule has 1 N–H and O–H groups in total. The van der Waals surface area contributed by atoms with Gasteiger partial charge in [0.1, 0.15) is 0 Å². The van der Waals surface area contributed by atoms with Crippen molar-refractivity contribution in [3.8, 4) is 22.4 Å². The molecule has 2 aromatic carbocycles. The van der Waals surface area contributed by atoms with Crippen molar-refractivity contribution in [2.45, 2.75) is 39.2 Å². The Labute approximate surface area is 192 Å². The average molecular weight is 486 g/mol. The van der Waals surface area contributed by atoms with E-state index in [1.165, 1.54) is 22.5 Å². The molecule has 0 atom stereocenters. The summed E-state index contributed by atoms with van der Waals surface area (Å²) >= 11 is 1.52. The molecule has 1 aromatic heterocycles. The van der Waals surface area contributed by atoms with E-state index in [2.05, 4.69) is 70.4 Å². The number of rotatable bonds is 9. The van der Waals surface area contributed by atoms with Crippen molar-refractivity contribution in [2.24, 2.45) is 5.10 Å². The quantitative estimate of drug-likeness (QED) is 0.220. The number of aromatic nitrogens is 1. The van der Waals surface area contributed by atoms with Gasteiger partial charge in [0.15, 0.2) is 0 Å². The van der Waals surface area contributed by atoms with Gasteiger partial charge in [-0.2, -0.15) is 0 Å². The third-order valence-electron chi connectivity index (χ3n) is 4.68. The Bertz CT molecular complexity index is 1010. The number of nitrogens with zero attached hydrogens (tertiary/aromatic N) is 2. The zero-order valence-corrected chi connectivity index (χ0v) is 19.7. The Hall–Kier alpha value is -2.44. The van der Waals surface area contributed by atoms with Gasteiger partial charge in [-0.1, -0.05) is 80.4 Å². The number of amides is 1. The van der Waals surface area contributed by atoms with E-state index in [-0.39, 0.29) is 22.9 Å². The molecule has 0 bridgehead atoms. The van der Waals surface area contributed by atoms with Crippen molar-refractivity contribution in [3.63, 3.8) is 0 Å². The minimum Gasteiger partial charge on any atom is -0.311 e. The largest absolute Gasteiger partial charge is 0.311 e.